The average molecular weight is 355 g/mol. The molecule has 0 bridgehead atoms. The van der Waals surface area contributed by atoms with Gasteiger partial charge in [-0.1, -0.05) is 23.2 Å². The number of hydrogen-bond donors (Lipinski definition) is 0. The van der Waals surface area contributed by atoms with Crippen LogP contribution in [0.3, 0.4) is 0 Å². The summed E-state index contributed by atoms with van der Waals surface area (Å²) >= 11 is 11.8. The molecule has 1 aliphatic heterocycles. The first kappa shape index (κ1) is 17.4. The Morgan fingerprint density at radius 1 is 1.27 bits per heavy atom. The van der Waals surface area contributed by atoms with Gasteiger partial charge in [-0.3, -0.25) is 9.69 Å². The Hall–Kier alpha value is -0.980. The van der Waals surface area contributed by atoms with Crippen molar-refractivity contribution < 1.29 is 18.0 Å². The number of carbonyl (C=O) groups excluding carboxylic acids is 1. The molecule has 22 heavy (non-hydrogen) atoms. The van der Waals surface area contributed by atoms with Gasteiger partial charge in [-0.2, -0.15) is 13.2 Å². The number of likely N-dealkylation sites (N-methyl/N-ethyl adjacent to an activating group) is 1. The molecule has 3 nitrogen and oxygen atoms in total. The average Bonchev–Trinajstić information content (AvgIpc) is 2.42. The molecule has 1 amide bonds. The molecule has 1 aliphatic rings. The van der Waals surface area contributed by atoms with Crippen LogP contribution in [0.1, 0.15) is 17.3 Å². The number of amides is 1. The normalized spacial score (nSPS) is 23.7. The summed E-state index contributed by atoms with van der Waals surface area (Å²) < 4.78 is 39.4. The third-order valence-corrected chi connectivity index (χ3v) is 4.45. The maximum absolute atomic E-state index is 13.1. The van der Waals surface area contributed by atoms with Crippen molar-refractivity contribution in [3.63, 3.8) is 0 Å². The molecule has 1 aromatic carbocycles. The van der Waals surface area contributed by atoms with Crippen LogP contribution in [-0.2, 0) is 0 Å². The molecule has 0 saturated carbocycles. The minimum Gasteiger partial charge on any atom is -0.335 e. The molecule has 1 fully saturated rings. The van der Waals surface area contributed by atoms with Gasteiger partial charge in [-0.15, -0.1) is 0 Å². The molecule has 2 atom stereocenters. The number of rotatable bonds is 1. The number of piperazine rings is 1. The van der Waals surface area contributed by atoms with E-state index >= 15 is 0 Å². The van der Waals surface area contributed by atoms with E-state index in [1.807, 2.05) is 0 Å². The van der Waals surface area contributed by atoms with E-state index in [4.69, 9.17) is 23.2 Å². The standard InChI is InChI=1S/C14H15Cl2F3N2O/c1-8-6-21(7-12(20(8)2)14(17,18)19)13(22)10-5-9(15)3-4-11(10)16/h3-5,8,12H,6-7H2,1-2H3. The lowest BCUT2D eigenvalue weighted by Crippen LogP contribution is -2.62. The third-order valence-electron chi connectivity index (χ3n) is 3.89. The third kappa shape index (κ3) is 3.50. The predicted molar refractivity (Wildman–Crippen MR) is 79.4 cm³/mol. The van der Waals surface area contributed by atoms with Gasteiger partial charge >= 0.3 is 6.18 Å². The van der Waals surface area contributed by atoms with E-state index in [-0.39, 0.29) is 17.1 Å². The first-order valence-electron chi connectivity index (χ1n) is 6.64. The summed E-state index contributed by atoms with van der Waals surface area (Å²) in [6.45, 7) is 1.43. The molecule has 2 rings (SSSR count). The zero-order valence-corrected chi connectivity index (χ0v) is 13.5. The molecule has 0 spiro atoms. The van der Waals surface area contributed by atoms with Crippen molar-refractivity contribution in [2.75, 3.05) is 20.1 Å². The van der Waals surface area contributed by atoms with Crippen LogP contribution in [0.5, 0.6) is 0 Å². The smallest absolute Gasteiger partial charge is 0.335 e. The second kappa shape index (κ2) is 6.26. The molecule has 0 aromatic heterocycles. The van der Waals surface area contributed by atoms with E-state index in [0.29, 0.717) is 5.02 Å². The number of carbonyl (C=O) groups is 1. The zero-order chi connectivity index (χ0) is 16.7. The van der Waals surface area contributed by atoms with Gasteiger partial charge in [0, 0.05) is 24.2 Å². The molecule has 8 heteroatoms. The van der Waals surface area contributed by atoms with Gasteiger partial charge < -0.3 is 4.90 Å². The first-order chi connectivity index (χ1) is 10.1. The monoisotopic (exact) mass is 354 g/mol. The summed E-state index contributed by atoms with van der Waals surface area (Å²) in [5.74, 6) is -0.540. The van der Waals surface area contributed by atoms with Gasteiger partial charge in [0.05, 0.1) is 10.6 Å². The van der Waals surface area contributed by atoms with Crippen molar-refractivity contribution in [3.05, 3.63) is 33.8 Å². The highest BCUT2D eigenvalue weighted by atomic mass is 35.5. The molecule has 2 unspecified atom stereocenters. The van der Waals surface area contributed by atoms with Crippen molar-refractivity contribution in [1.29, 1.82) is 0 Å². The van der Waals surface area contributed by atoms with Crippen LogP contribution in [0, 0.1) is 0 Å². The van der Waals surface area contributed by atoms with Crippen LogP contribution in [0.4, 0.5) is 13.2 Å². The maximum atomic E-state index is 13.1. The predicted octanol–water partition coefficient (Wildman–Crippen LogP) is 3.70. The van der Waals surface area contributed by atoms with E-state index in [2.05, 4.69) is 0 Å². The lowest BCUT2D eigenvalue weighted by atomic mass is 10.1. The van der Waals surface area contributed by atoms with Crippen molar-refractivity contribution >= 4 is 29.1 Å². The fourth-order valence-electron chi connectivity index (χ4n) is 2.50. The van der Waals surface area contributed by atoms with Crippen molar-refractivity contribution in [2.45, 2.75) is 25.2 Å². The summed E-state index contributed by atoms with van der Waals surface area (Å²) in [7, 11) is 1.41. The Kier molecular flexibility index (Phi) is 4.94. The van der Waals surface area contributed by atoms with Crippen molar-refractivity contribution in [3.8, 4) is 0 Å². The fraction of sp³-hybridized carbons (Fsp3) is 0.500. The number of nitrogens with zero attached hydrogens (tertiary/aromatic N) is 2. The van der Waals surface area contributed by atoms with E-state index in [9.17, 15) is 18.0 Å². The van der Waals surface area contributed by atoms with E-state index in [1.165, 1.54) is 35.0 Å². The largest absolute Gasteiger partial charge is 0.405 e. The van der Waals surface area contributed by atoms with Crippen LogP contribution >= 0.6 is 23.2 Å². The van der Waals surface area contributed by atoms with E-state index in [1.54, 1.807) is 6.92 Å². The topological polar surface area (TPSA) is 23.6 Å². The Morgan fingerprint density at radius 2 is 1.91 bits per heavy atom. The summed E-state index contributed by atoms with van der Waals surface area (Å²) in [5, 5.41) is 0.479. The summed E-state index contributed by atoms with van der Waals surface area (Å²) in [4.78, 5) is 14.9. The van der Waals surface area contributed by atoms with E-state index < -0.39 is 30.7 Å². The van der Waals surface area contributed by atoms with Crippen LogP contribution < -0.4 is 0 Å². The zero-order valence-electron chi connectivity index (χ0n) is 12.0. The van der Waals surface area contributed by atoms with Gasteiger partial charge in [-0.05, 0) is 32.2 Å². The summed E-state index contributed by atoms with van der Waals surface area (Å²) in [6.07, 6.45) is -4.40. The van der Waals surface area contributed by atoms with Gasteiger partial charge in [-0.25, -0.2) is 0 Å². The molecular formula is C14H15Cl2F3N2O. The Morgan fingerprint density at radius 3 is 2.50 bits per heavy atom. The van der Waals surface area contributed by atoms with Crippen LogP contribution in [0.2, 0.25) is 10.0 Å². The van der Waals surface area contributed by atoms with Gasteiger partial charge in [0.2, 0.25) is 0 Å². The van der Waals surface area contributed by atoms with Gasteiger partial charge in [0.15, 0.2) is 0 Å². The Bertz CT molecular complexity index is 580. The Balaban J connectivity index is 2.28. The van der Waals surface area contributed by atoms with Crippen LogP contribution in [0.25, 0.3) is 0 Å². The highest BCUT2D eigenvalue weighted by Crippen LogP contribution is 2.30. The van der Waals surface area contributed by atoms with Gasteiger partial charge in [0.1, 0.15) is 6.04 Å². The first-order valence-corrected chi connectivity index (χ1v) is 7.40. The number of alkyl halides is 3. The molecule has 0 N–H and O–H groups in total. The molecule has 0 radical (unpaired) electrons. The molecule has 1 aromatic rings. The minimum atomic E-state index is -4.40. The number of benzene rings is 1. The lowest BCUT2D eigenvalue weighted by Gasteiger charge is -2.44. The fourth-order valence-corrected chi connectivity index (χ4v) is 2.87. The number of halogens is 5. The molecular weight excluding hydrogens is 340 g/mol. The minimum absolute atomic E-state index is 0.117. The Labute approximate surface area is 136 Å². The molecule has 1 saturated heterocycles. The summed E-state index contributed by atoms with van der Waals surface area (Å²) in [6, 6.07) is 2.24. The SMILES string of the molecule is CC1CN(C(=O)c2cc(Cl)ccc2Cl)CC(C(F)(F)F)N1C. The van der Waals surface area contributed by atoms with Gasteiger partial charge in [0.25, 0.3) is 5.91 Å². The van der Waals surface area contributed by atoms with E-state index in [0.717, 1.165) is 0 Å². The highest BCUT2D eigenvalue weighted by molar-refractivity contribution is 6.35. The molecule has 1 heterocycles. The maximum Gasteiger partial charge on any atom is 0.405 e. The summed E-state index contributed by atoms with van der Waals surface area (Å²) in [5.41, 5.74) is 0.117. The highest BCUT2D eigenvalue weighted by Gasteiger charge is 2.48. The quantitative estimate of drug-likeness (QED) is 0.767. The van der Waals surface area contributed by atoms with Crippen molar-refractivity contribution in [2.24, 2.45) is 0 Å². The molecule has 122 valence electrons. The second-order valence-corrected chi connectivity index (χ2v) is 6.25. The van der Waals surface area contributed by atoms with Crippen molar-refractivity contribution in [1.82, 2.24) is 9.80 Å². The van der Waals surface area contributed by atoms with Crippen LogP contribution in [0.15, 0.2) is 18.2 Å². The number of hydrogen-bond acceptors (Lipinski definition) is 2. The lowest BCUT2D eigenvalue weighted by molar-refractivity contribution is -0.197. The van der Waals surface area contributed by atoms with Crippen LogP contribution in [-0.4, -0.2) is 54.1 Å². The second-order valence-electron chi connectivity index (χ2n) is 5.41. The molecule has 0 aliphatic carbocycles.